The number of aryl methyl sites for hydroxylation is 1. The van der Waals surface area contributed by atoms with E-state index in [4.69, 9.17) is 0 Å². The quantitative estimate of drug-likeness (QED) is 0.510. The summed E-state index contributed by atoms with van der Waals surface area (Å²) in [4.78, 5) is 0.956. The third kappa shape index (κ3) is 2.38. The number of hydrogen-bond acceptors (Lipinski definition) is 1. The van der Waals surface area contributed by atoms with E-state index in [1.54, 1.807) is 30.8 Å². The summed E-state index contributed by atoms with van der Waals surface area (Å²) in [5.41, 5.74) is 0.693. The van der Waals surface area contributed by atoms with Crippen LogP contribution >= 0.6 is 11.8 Å². The van der Waals surface area contributed by atoms with Crippen LogP contribution in [0, 0.1) is 12.7 Å². The highest BCUT2D eigenvalue weighted by Gasteiger charge is 1.98. The van der Waals surface area contributed by atoms with Crippen LogP contribution in [0.15, 0.2) is 35.7 Å². The summed E-state index contributed by atoms with van der Waals surface area (Å²) in [7, 11) is 0. The summed E-state index contributed by atoms with van der Waals surface area (Å²) < 4.78 is 13.0. The van der Waals surface area contributed by atoms with E-state index in [1.807, 2.05) is 12.1 Å². The molecule has 0 N–H and O–H groups in total. The summed E-state index contributed by atoms with van der Waals surface area (Å²) in [6, 6.07) is 5.27. The Hall–Kier alpha value is -0.760. The molecule has 0 amide bonds. The van der Waals surface area contributed by atoms with E-state index < -0.39 is 0 Å². The molecule has 0 bridgehead atoms. The molecule has 1 aromatic rings. The molecule has 0 fully saturated rings. The number of benzene rings is 1. The SMILES string of the molecule is C=CCSc1ccc(C)c(F)c1. The predicted molar refractivity (Wildman–Crippen MR) is 52.1 cm³/mol. The van der Waals surface area contributed by atoms with Crippen LogP contribution in [-0.2, 0) is 0 Å². The van der Waals surface area contributed by atoms with E-state index >= 15 is 0 Å². The summed E-state index contributed by atoms with van der Waals surface area (Å²) >= 11 is 1.59. The molecule has 0 saturated carbocycles. The molecule has 0 saturated heterocycles. The van der Waals surface area contributed by atoms with Crippen LogP contribution in [0.1, 0.15) is 5.56 Å². The Morgan fingerprint density at radius 3 is 2.92 bits per heavy atom. The molecular formula is C10H11FS. The normalized spacial score (nSPS) is 9.83. The van der Waals surface area contributed by atoms with Crippen molar-refractivity contribution in [3.8, 4) is 0 Å². The van der Waals surface area contributed by atoms with Gasteiger partial charge < -0.3 is 0 Å². The molecule has 0 radical (unpaired) electrons. The molecule has 0 unspecified atom stereocenters. The van der Waals surface area contributed by atoms with Crippen molar-refractivity contribution in [1.82, 2.24) is 0 Å². The molecule has 0 heterocycles. The van der Waals surface area contributed by atoms with Crippen LogP contribution in [0.2, 0.25) is 0 Å². The van der Waals surface area contributed by atoms with Crippen LogP contribution in [0.3, 0.4) is 0 Å². The van der Waals surface area contributed by atoms with Gasteiger partial charge in [0, 0.05) is 10.6 Å². The highest BCUT2D eigenvalue weighted by atomic mass is 32.2. The van der Waals surface area contributed by atoms with Gasteiger partial charge in [-0.05, 0) is 24.6 Å². The minimum Gasteiger partial charge on any atom is -0.207 e. The minimum absolute atomic E-state index is 0.135. The Balaban J connectivity index is 2.75. The zero-order valence-corrected chi connectivity index (χ0v) is 7.83. The number of hydrogen-bond donors (Lipinski definition) is 0. The van der Waals surface area contributed by atoms with Gasteiger partial charge in [0.2, 0.25) is 0 Å². The van der Waals surface area contributed by atoms with Crippen LogP contribution in [0.5, 0.6) is 0 Å². The van der Waals surface area contributed by atoms with Crippen LogP contribution in [0.25, 0.3) is 0 Å². The van der Waals surface area contributed by atoms with Crippen molar-refractivity contribution >= 4 is 11.8 Å². The first-order valence-electron chi connectivity index (χ1n) is 3.74. The van der Waals surface area contributed by atoms with Crippen molar-refractivity contribution in [1.29, 1.82) is 0 Å². The van der Waals surface area contributed by atoms with Crippen molar-refractivity contribution in [3.63, 3.8) is 0 Å². The van der Waals surface area contributed by atoms with Crippen molar-refractivity contribution < 1.29 is 4.39 Å². The van der Waals surface area contributed by atoms with Gasteiger partial charge in [0.25, 0.3) is 0 Å². The van der Waals surface area contributed by atoms with Crippen LogP contribution in [0.4, 0.5) is 4.39 Å². The summed E-state index contributed by atoms with van der Waals surface area (Å²) in [6.07, 6.45) is 1.81. The molecule has 1 aromatic carbocycles. The van der Waals surface area contributed by atoms with Gasteiger partial charge in [0.15, 0.2) is 0 Å². The Kier molecular flexibility index (Phi) is 3.35. The van der Waals surface area contributed by atoms with Gasteiger partial charge in [0.05, 0.1) is 0 Å². The van der Waals surface area contributed by atoms with Gasteiger partial charge in [-0.1, -0.05) is 12.1 Å². The van der Waals surface area contributed by atoms with Crippen LogP contribution < -0.4 is 0 Å². The molecule has 0 aliphatic rings. The third-order valence-corrected chi connectivity index (χ3v) is 2.50. The molecule has 12 heavy (non-hydrogen) atoms. The van der Waals surface area contributed by atoms with E-state index in [9.17, 15) is 4.39 Å². The van der Waals surface area contributed by atoms with Gasteiger partial charge in [-0.3, -0.25) is 0 Å². The fourth-order valence-corrected chi connectivity index (χ4v) is 1.48. The molecule has 0 nitrogen and oxygen atoms in total. The smallest absolute Gasteiger partial charge is 0.127 e. The Labute approximate surface area is 76.5 Å². The summed E-state index contributed by atoms with van der Waals surface area (Å²) in [5, 5.41) is 0. The topological polar surface area (TPSA) is 0 Å². The van der Waals surface area contributed by atoms with Crippen molar-refractivity contribution in [2.24, 2.45) is 0 Å². The molecule has 2 heteroatoms. The highest BCUT2D eigenvalue weighted by molar-refractivity contribution is 7.99. The van der Waals surface area contributed by atoms with Gasteiger partial charge in [-0.2, -0.15) is 0 Å². The average molecular weight is 182 g/mol. The number of halogens is 1. The molecule has 0 aliphatic carbocycles. The average Bonchev–Trinajstić information content (AvgIpc) is 2.07. The molecule has 1 rings (SSSR count). The standard InChI is InChI=1S/C10H11FS/c1-3-6-12-9-5-4-8(2)10(11)7-9/h3-5,7H,1,6H2,2H3. The Morgan fingerprint density at radius 2 is 2.33 bits per heavy atom. The Morgan fingerprint density at radius 1 is 1.58 bits per heavy atom. The fourth-order valence-electron chi connectivity index (χ4n) is 0.819. The first-order chi connectivity index (χ1) is 5.74. The molecule has 0 atom stereocenters. The van der Waals surface area contributed by atoms with Gasteiger partial charge >= 0.3 is 0 Å². The Bertz CT molecular complexity index is 281. The van der Waals surface area contributed by atoms with E-state index in [2.05, 4.69) is 6.58 Å². The highest BCUT2D eigenvalue weighted by Crippen LogP contribution is 2.20. The molecule has 0 aromatic heterocycles. The lowest BCUT2D eigenvalue weighted by molar-refractivity contribution is 0.615. The fraction of sp³-hybridized carbons (Fsp3) is 0.200. The second-order valence-electron chi connectivity index (χ2n) is 2.51. The summed E-state index contributed by atoms with van der Waals surface area (Å²) in [6.45, 7) is 5.36. The van der Waals surface area contributed by atoms with Gasteiger partial charge in [0.1, 0.15) is 5.82 Å². The van der Waals surface area contributed by atoms with Gasteiger partial charge in [-0.15, -0.1) is 18.3 Å². The molecular weight excluding hydrogens is 171 g/mol. The van der Waals surface area contributed by atoms with Crippen LogP contribution in [-0.4, -0.2) is 5.75 Å². The molecule has 64 valence electrons. The number of rotatable bonds is 3. The second-order valence-corrected chi connectivity index (χ2v) is 3.60. The maximum Gasteiger partial charge on any atom is 0.127 e. The van der Waals surface area contributed by atoms with Crippen molar-refractivity contribution in [2.45, 2.75) is 11.8 Å². The largest absolute Gasteiger partial charge is 0.207 e. The minimum atomic E-state index is -0.135. The zero-order chi connectivity index (χ0) is 8.97. The van der Waals surface area contributed by atoms with Crippen molar-refractivity contribution in [3.05, 3.63) is 42.2 Å². The lowest BCUT2D eigenvalue weighted by atomic mass is 10.2. The van der Waals surface area contributed by atoms with Gasteiger partial charge in [-0.25, -0.2) is 4.39 Å². The first kappa shape index (κ1) is 9.33. The second kappa shape index (κ2) is 4.31. The summed E-state index contributed by atoms with van der Waals surface area (Å²) in [5.74, 6) is 0.687. The van der Waals surface area contributed by atoms with E-state index in [-0.39, 0.29) is 5.82 Å². The lowest BCUT2D eigenvalue weighted by Crippen LogP contribution is -1.82. The monoisotopic (exact) mass is 182 g/mol. The maximum atomic E-state index is 13.0. The van der Waals surface area contributed by atoms with E-state index in [0.29, 0.717) is 5.56 Å². The first-order valence-corrected chi connectivity index (χ1v) is 4.72. The van der Waals surface area contributed by atoms with E-state index in [1.165, 1.54) is 0 Å². The zero-order valence-electron chi connectivity index (χ0n) is 7.01. The lowest BCUT2D eigenvalue weighted by Gasteiger charge is -2.00. The third-order valence-electron chi connectivity index (χ3n) is 1.51. The predicted octanol–water partition coefficient (Wildman–Crippen LogP) is 3.41. The number of thioether (sulfide) groups is 1. The maximum absolute atomic E-state index is 13.0. The molecule has 0 aliphatic heterocycles. The van der Waals surface area contributed by atoms with E-state index in [0.717, 1.165) is 10.6 Å². The van der Waals surface area contributed by atoms with Crippen molar-refractivity contribution in [2.75, 3.05) is 5.75 Å². The molecule has 0 spiro atoms.